The van der Waals surface area contributed by atoms with Gasteiger partial charge in [-0.05, 0) is 25.0 Å². The first-order valence-electron chi connectivity index (χ1n) is 7.76. The first-order valence-corrected chi connectivity index (χ1v) is 7.76. The highest BCUT2D eigenvalue weighted by Gasteiger charge is 2.34. The van der Waals surface area contributed by atoms with Crippen LogP contribution in [0.2, 0.25) is 0 Å². The Kier molecular flexibility index (Phi) is 5.31. The van der Waals surface area contributed by atoms with Gasteiger partial charge in [-0.25, -0.2) is 0 Å². The van der Waals surface area contributed by atoms with Crippen molar-refractivity contribution in [1.82, 2.24) is 4.90 Å². The topological polar surface area (TPSA) is 92.6 Å². The third kappa shape index (κ3) is 4.06. The average molecular weight is 319 g/mol. The molecule has 2 rings (SSSR count). The fraction of sp³-hybridized carbons (Fsp3) is 0.500. The molecule has 1 aliphatic rings. The number of carbonyl (C=O) groups excluding carboxylic acids is 2. The maximum absolute atomic E-state index is 12.3. The quantitative estimate of drug-likeness (QED) is 0.644. The summed E-state index contributed by atoms with van der Waals surface area (Å²) in [6.45, 7) is 4.89. The monoisotopic (exact) mass is 319 g/mol. The fourth-order valence-electron chi connectivity index (χ4n) is 2.65. The number of hydrogen-bond acceptors (Lipinski definition) is 4. The number of unbranched alkanes of at least 4 members (excludes halogenated alkanes) is 1. The summed E-state index contributed by atoms with van der Waals surface area (Å²) in [7, 11) is 0. The molecule has 2 amide bonds. The molecule has 1 aromatic rings. The van der Waals surface area contributed by atoms with Crippen molar-refractivity contribution in [2.75, 3.05) is 18.4 Å². The van der Waals surface area contributed by atoms with E-state index in [2.05, 4.69) is 12.2 Å². The van der Waals surface area contributed by atoms with Crippen LogP contribution in [0.4, 0.5) is 11.4 Å². The predicted octanol–water partition coefficient (Wildman–Crippen LogP) is 2.49. The van der Waals surface area contributed by atoms with E-state index in [9.17, 15) is 19.7 Å². The number of nitro groups is 1. The van der Waals surface area contributed by atoms with E-state index in [0.29, 0.717) is 24.3 Å². The number of aryl methyl sites for hydroxylation is 1. The summed E-state index contributed by atoms with van der Waals surface area (Å²) in [5.41, 5.74) is 1.15. The van der Waals surface area contributed by atoms with Crippen LogP contribution in [0.5, 0.6) is 0 Å². The van der Waals surface area contributed by atoms with Crippen molar-refractivity contribution < 1.29 is 14.5 Å². The SMILES string of the molecule is CCCCN1C[C@@H](C(=O)Nc2ccc([N+](=O)[O-])cc2C)CC1=O. The van der Waals surface area contributed by atoms with E-state index in [-0.39, 0.29) is 29.8 Å². The molecule has 7 nitrogen and oxygen atoms in total. The minimum Gasteiger partial charge on any atom is -0.342 e. The molecule has 1 saturated heterocycles. The molecular formula is C16H21N3O4. The molecule has 0 saturated carbocycles. The molecule has 23 heavy (non-hydrogen) atoms. The lowest BCUT2D eigenvalue weighted by molar-refractivity contribution is -0.384. The zero-order valence-electron chi connectivity index (χ0n) is 13.4. The maximum Gasteiger partial charge on any atom is 0.269 e. The van der Waals surface area contributed by atoms with Crippen LogP contribution in [0.25, 0.3) is 0 Å². The van der Waals surface area contributed by atoms with Crippen LogP contribution in [0.1, 0.15) is 31.7 Å². The minimum absolute atomic E-state index is 0.0118. The lowest BCUT2D eigenvalue weighted by atomic mass is 10.1. The Bertz CT molecular complexity index is 630. The number of carbonyl (C=O) groups is 2. The Hall–Kier alpha value is -2.44. The highest BCUT2D eigenvalue weighted by Crippen LogP contribution is 2.24. The first-order chi connectivity index (χ1) is 10.9. The van der Waals surface area contributed by atoms with Crippen molar-refractivity contribution in [3.63, 3.8) is 0 Å². The molecule has 1 aromatic carbocycles. The van der Waals surface area contributed by atoms with Gasteiger partial charge in [-0.1, -0.05) is 13.3 Å². The van der Waals surface area contributed by atoms with Gasteiger partial charge in [-0.15, -0.1) is 0 Å². The third-order valence-corrected chi connectivity index (χ3v) is 4.05. The van der Waals surface area contributed by atoms with Gasteiger partial charge >= 0.3 is 0 Å². The van der Waals surface area contributed by atoms with Gasteiger partial charge in [0, 0.05) is 37.3 Å². The molecule has 1 heterocycles. The molecule has 0 aliphatic carbocycles. The summed E-state index contributed by atoms with van der Waals surface area (Å²) in [5.74, 6) is -0.567. The minimum atomic E-state index is -0.472. The first kappa shape index (κ1) is 16.9. The summed E-state index contributed by atoms with van der Waals surface area (Å²) in [4.78, 5) is 36.2. The Morgan fingerprint density at radius 1 is 1.48 bits per heavy atom. The van der Waals surface area contributed by atoms with Gasteiger partial charge in [0.2, 0.25) is 11.8 Å². The lowest BCUT2D eigenvalue weighted by Crippen LogP contribution is -2.29. The highest BCUT2D eigenvalue weighted by molar-refractivity contribution is 5.97. The number of hydrogen-bond donors (Lipinski definition) is 1. The van der Waals surface area contributed by atoms with Crippen LogP contribution in [-0.4, -0.2) is 34.7 Å². The Labute approximate surface area is 134 Å². The fourth-order valence-corrected chi connectivity index (χ4v) is 2.65. The molecule has 0 spiro atoms. The molecule has 1 atom stereocenters. The Morgan fingerprint density at radius 2 is 2.22 bits per heavy atom. The number of non-ortho nitro benzene ring substituents is 1. The summed E-state index contributed by atoms with van der Waals surface area (Å²) >= 11 is 0. The number of nitrogens with one attached hydrogen (secondary N) is 1. The van der Waals surface area contributed by atoms with E-state index >= 15 is 0 Å². The molecular weight excluding hydrogens is 298 g/mol. The van der Waals surface area contributed by atoms with Gasteiger partial charge in [-0.3, -0.25) is 19.7 Å². The van der Waals surface area contributed by atoms with Crippen LogP contribution in [0, 0.1) is 23.0 Å². The molecule has 0 unspecified atom stereocenters. The zero-order valence-corrected chi connectivity index (χ0v) is 13.4. The number of amides is 2. The normalized spacial score (nSPS) is 17.4. The molecule has 1 aliphatic heterocycles. The predicted molar refractivity (Wildman–Crippen MR) is 86.1 cm³/mol. The molecule has 7 heteroatoms. The largest absolute Gasteiger partial charge is 0.342 e. The van der Waals surface area contributed by atoms with E-state index in [0.717, 1.165) is 12.8 Å². The van der Waals surface area contributed by atoms with E-state index in [1.165, 1.54) is 18.2 Å². The summed E-state index contributed by atoms with van der Waals surface area (Å²) in [5, 5.41) is 13.5. The van der Waals surface area contributed by atoms with Crippen molar-refractivity contribution in [2.45, 2.75) is 33.1 Å². The van der Waals surface area contributed by atoms with E-state index in [1.807, 2.05) is 0 Å². The number of nitrogens with zero attached hydrogens (tertiary/aromatic N) is 2. The van der Waals surface area contributed by atoms with Crippen LogP contribution >= 0.6 is 0 Å². The molecule has 124 valence electrons. The smallest absolute Gasteiger partial charge is 0.269 e. The second-order valence-electron chi connectivity index (χ2n) is 5.84. The average Bonchev–Trinajstić information content (AvgIpc) is 2.88. The van der Waals surface area contributed by atoms with Gasteiger partial charge in [0.05, 0.1) is 10.8 Å². The molecule has 0 bridgehead atoms. The van der Waals surface area contributed by atoms with Crippen LogP contribution in [-0.2, 0) is 9.59 Å². The standard InChI is InChI=1S/C16H21N3O4/c1-3-4-7-18-10-12(9-15(18)20)16(21)17-14-6-5-13(19(22)23)8-11(14)2/h5-6,8,12H,3-4,7,9-10H2,1-2H3,(H,17,21)/t12-/m0/s1. The maximum atomic E-state index is 12.3. The Balaban J connectivity index is 2.00. The van der Waals surface area contributed by atoms with Gasteiger partial charge in [-0.2, -0.15) is 0 Å². The van der Waals surface area contributed by atoms with Crippen LogP contribution in [0.15, 0.2) is 18.2 Å². The number of rotatable bonds is 6. The molecule has 0 radical (unpaired) electrons. The molecule has 1 fully saturated rings. The third-order valence-electron chi connectivity index (χ3n) is 4.05. The zero-order chi connectivity index (χ0) is 17.0. The van der Waals surface area contributed by atoms with Gasteiger partial charge in [0.25, 0.3) is 5.69 Å². The van der Waals surface area contributed by atoms with Gasteiger partial charge in [0.1, 0.15) is 0 Å². The van der Waals surface area contributed by atoms with Crippen LogP contribution < -0.4 is 5.32 Å². The van der Waals surface area contributed by atoms with Crippen LogP contribution in [0.3, 0.4) is 0 Å². The van der Waals surface area contributed by atoms with E-state index in [4.69, 9.17) is 0 Å². The van der Waals surface area contributed by atoms with Crippen molar-refractivity contribution >= 4 is 23.2 Å². The summed E-state index contributed by atoms with van der Waals surface area (Å²) in [6, 6.07) is 4.30. The van der Waals surface area contributed by atoms with Crippen molar-refractivity contribution in [3.8, 4) is 0 Å². The van der Waals surface area contributed by atoms with E-state index in [1.54, 1.807) is 11.8 Å². The second-order valence-corrected chi connectivity index (χ2v) is 5.84. The number of likely N-dealkylation sites (tertiary alicyclic amines) is 1. The number of benzene rings is 1. The lowest BCUT2D eigenvalue weighted by Gasteiger charge is -2.16. The highest BCUT2D eigenvalue weighted by atomic mass is 16.6. The van der Waals surface area contributed by atoms with Crippen molar-refractivity contribution in [3.05, 3.63) is 33.9 Å². The van der Waals surface area contributed by atoms with Crippen molar-refractivity contribution in [2.24, 2.45) is 5.92 Å². The van der Waals surface area contributed by atoms with Gasteiger partial charge in [0.15, 0.2) is 0 Å². The second kappa shape index (κ2) is 7.21. The molecule has 1 N–H and O–H groups in total. The number of anilines is 1. The molecule has 0 aromatic heterocycles. The van der Waals surface area contributed by atoms with E-state index < -0.39 is 4.92 Å². The Morgan fingerprint density at radius 3 is 2.83 bits per heavy atom. The number of nitro benzene ring substituents is 1. The van der Waals surface area contributed by atoms with Gasteiger partial charge < -0.3 is 10.2 Å². The van der Waals surface area contributed by atoms with Crippen molar-refractivity contribution in [1.29, 1.82) is 0 Å². The summed E-state index contributed by atoms with van der Waals surface area (Å²) in [6.07, 6.45) is 2.16. The summed E-state index contributed by atoms with van der Waals surface area (Å²) < 4.78 is 0.